The van der Waals surface area contributed by atoms with E-state index in [9.17, 15) is 14.9 Å². The van der Waals surface area contributed by atoms with Crippen molar-refractivity contribution >= 4 is 11.6 Å². The summed E-state index contributed by atoms with van der Waals surface area (Å²) in [5, 5.41) is 10.9. The van der Waals surface area contributed by atoms with E-state index in [-0.39, 0.29) is 23.7 Å². The van der Waals surface area contributed by atoms with Gasteiger partial charge in [-0.3, -0.25) is 14.9 Å². The second-order valence-electron chi connectivity index (χ2n) is 5.51. The summed E-state index contributed by atoms with van der Waals surface area (Å²) in [6, 6.07) is 1.69. The van der Waals surface area contributed by atoms with Gasteiger partial charge < -0.3 is 15.2 Å². The van der Waals surface area contributed by atoms with Gasteiger partial charge in [-0.2, -0.15) is 0 Å². The molecule has 1 aliphatic heterocycles. The van der Waals surface area contributed by atoms with Crippen molar-refractivity contribution in [3.63, 3.8) is 0 Å². The lowest BCUT2D eigenvalue weighted by Crippen LogP contribution is -2.40. The molecule has 1 atom stereocenters. The van der Waals surface area contributed by atoms with Gasteiger partial charge in [0, 0.05) is 31.2 Å². The summed E-state index contributed by atoms with van der Waals surface area (Å²) in [5.41, 5.74) is 6.11. The van der Waals surface area contributed by atoms with E-state index in [2.05, 4.69) is 0 Å². The Morgan fingerprint density at radius 3 is 2.80 bits per heavy atom. The van der Waals surface area contributed by atoms with Gasteiger partial charge in [-0.25, -0.2) is 0 Å². The highest BCUT2D eigenvalue weighted by Crippen LogP contribution is 2.38. The van der Waals surface area contributed by atoms with Crippen molar-refractivity contribution < 1.29 is 9.72 Å². The Morgan fingerprint density at radius 2 is 2.20 bits per heavy atom. The van der Waals surface area contributed by atoms with E-state index < -0.39 is 4.92 Å². The number of amides is 1. The number of nitro groups is 1. The van der Waals surface area contributed by atoms with Crippen LogP contribution < -0.4 is 5.73 Å². The fourth-order valence-corrected chi connectivity index (χ4v) is 2.89. The zero-order chi connectivity index (χ0) is 14.3. The second kappa shape index (κ2) is 4.90. The van der Waals surface area contributed by atoms with E-state index in [1.165, 1.54) is 12.3 Å². The van der Waals surface area contributed by atoms with Gasteiger partial charge in [0.2, 0.25) is 0 Å². The van der Waals surface area contributed by atoms with E-state index in [1.54, 1.807) is 9.47 Å². The van der Waals surface area contributed by atoms with Crippen LogP contribution in [0.2, 0.25) is 0 Å². The van der Waals surface area contributed by atoms with E-state index >= 15 is 0 Å². The van der Waals surface area contributed by atoms with Crippen molar-refractivity contribution in [3.8, 4) is 0 Å². The average Bonchev–Trinajstić information content (AvgIpc) is 3.02. The summed E-state index contributed by atoms with van der Waals surface area (Å²) in [4.78, 5) is 24.9. The van der Waals surface area contributed by atoms with Crippen LogP contribution in [-0.4, -0.2) is 39.4 Å². The predicted octanol–water partition coefficient (Wildman–Crippen LogP) is 1.29. The molecular weight excluding hydrogens is 260 g/mol. The number of nitrogens with two attached hydrogens (primary N) is 1. The molecule has 0 bridgehead atoms. The predicted molar refractivity (Wildman–Crippen MR) is 72.5 cm³/mol. The number of rotatable bonds is 4. The molecule has 20 heavy (non-hydrogen) atoms. The van der Waals surface area contributed by atoms with Gasteiger partial charge in [0.15, 0.2) is 0 Å². The molecule has 7 nitrogen and oxygen atoms in total. The molecule has 2 heterocycles. The van der Waals surface area contributed by atoms with E-state index in [0.717, 1.165) is 25.7 Å². The van der Waals surface area contributed by atoms with Crippen molar-refractivity contribution in [2.45, 2.75) is 37.8 Å². The topological polar surface area (TPSA) is 94.4 Å². The molecule has 2 aliphatic rings. The van der Waals surface area contributed by atoms with Crippen molar-refractivity contribution in [2.24, 2.45) is 5.73 Å². The molecule has 2 N–H and O–H groups in total. The van der Waals surface area contributed by atoms with Crippen molar-refractivity contribution in [1.29, 1.82) is 0 Å². The standard InChI is InChI=1S/C13H18N4O3/c14-7-10-2-1-5-15(10)13(18)12-6-11(17(19)20)8-16(12)9-3-4-9/h6,8-10H,1-5,7,14H2. The van der Waals surface area contributed by atoms with E-state index in [1.807, 2.05) is 0 Å². The molecule has 1 aromatic heterocycles. The summed E-state index contributed by atoms with van der Waals surface area (Å²) in [5.74, 6) is -0.127. The molecule has 1 unspecified atom stereocenters. The van der Waals surface area contributed by atoms with Crippen LogP contribution in [0.25, 0.3) is 0 Å². The minimum atomic E-state index is -0.444. The van der Waals surface area contributed by atoms with Crippen LogP contribution in [0.5, 0.6) is 0 Å². The van der Waals surface area contributed by atoms with Gasteiger partial charge in [-0.15, -0.1) is 0 Å². The number of aromatic nitrogens is 1. The zero-order valence-corrected chi connectivity index (χ0v) is 11.2. The highest BCUT2D eigenvalue weighted by Gasteiger charge is 2.35. The van der Waals surface area contributed by atoms with E-state index in [4.69, 9.17) is 5.73 Å². The number of nitrogens with zero attached hydrogens (tertiary/aromatic N) is 3. The van der Waals surface area contributed by atoms with E-state index in [0.29, 0.717) is 18.8 Å². The monoisotopic (exact) mass is 278 g/mol. The third kappa shape index (κ3) is 2.18. The van der Waals surface area contributed by atoms with Gasteiger partial charge in [-0.05, 0) is 25.7 Å². The van der Waals surface area contributed by atoms with Crippen LogP contribution in [0.3, 0.4) is 0 Å². The molecule has 1 saturated carbocycles. The van der Waals surface area contributed by atoms with Crippen molar-refractivity contribution in [3.05, 3.63) is 28.1 Å². The molecule has 0 spiro atoms. The molecular formula is C13H18N4O3. The third-order valence-electron chi connectivity index (χ3n) is 4.11. The molecule has 1 saturated heterocycles. The summed E-state index contributed by atoms with van der Waals surface area (Å²) >= 11 is 0. The first-order chi connectivity index (χ1) is 9.61. The Morgan fingerprint density at radius 1 is 1.45 bits per heavy atom. The van der Waals surface area contributed by atoms with Gasteiger partial charge in [0.1, 0.15) is 5.69 Å². The zero-order valence-electron chi connectivity index (χ0n) is 11.2. The highest BCUT2D eigenvalue weighted by molar-refractivity contribution is 5.94. The largest absolute Gasteiger partial charge is 0.334 e. The molecule has 1 aliphatic carbocycles. The van der Waals surface area contributed by atoms with Crippen LogP contribution in [0, 0.1) is 10.1 Å². The van der Waals surface area contributed by atoms with Gasteiger partial charge in [0.25, 0.3) is 11.6 Å². The number of hydrogen-bond acceptors (Lipinski definition) is 4. The third-order valence-corrected chi connectivity index (χ3v) is 4.11. The molecule has 1 amide bonds. The number of carbonyl (C=O) groups excluding carboxylic acids is 1. The van der Waals surface area contributed by atoms with Gasteiger partial charge >= 0.3 is 0 Å². The van der Waals surface area contributed by atoms with Crippen molar-refractivity contribution in [1.82, 2.24) is 9.47 Å². The molecule has 0 aromatic carbocycles. The maximum Gasteiger partial charge on any atom is 0.287 e. The number of hydrogen-bond donors (Lipinski definition) is 1. The Balaban J connectivity index is 1.92. The molecule has 2 fully saturated rings. The first-order valence-electron chi connectivity index (χ1n) is 6.99. The summed E-state index contributed by atoms with van der Waals surface area (Å²) < 4.78 is 1.77. The molecule has 1 aromatic rings. The fraction of sp³-hybridized carbons (Fsp3) is 0.615. The Bertz CT molecular complexity index is 550. The minimum absolute atomic E-state index is 0.0104. The maximum absolute atomic E-state index is 12.6. The average molecular weight is 278 g/mol. The lowest BCUT2D eigenvalue weighted by Gasteiger charge is -2.23. The highest BCUT2D eigenvalue weighted by atomic mass is 16.6. The SMILES string of the molecule is NCC1CCCN1C(=O)c1cc([N+](=O)[O-])cn1C1CC1. The number of carbonyl (C=O) groups is 1. The summed E-state index contributed by atoms with van der Waals surface area (Å²) in [7, 11) is 0. The smallest absolute Gasteiger partial charge is 0.287 e. The fourth-order valence-electron chi connectivity index (χ4n) is 2.89. The first-order valence-corrected chi connectivity index (χ1v) is 6.99. The lowest BCUT2D eigenvalue weighted by molar-refractivity contribution is -0.384. The Kier molecular flexibility index (Phi) is 3.21. The van der Waals surface area contributed by atoms with Crippen LogP contribution >= 0.6 is 0 Å². The minimum Gasteiger partial charge on any atom is -0.334 e. The summed E-state index contributed by atoms with van der Waals surface area (Å²) in [6.07, 6.45) is 5.30. The Labute approximate surface area is 116 Å². The van der Waals surface area contributed by atoms with Crippen LogP contribution in [0.15, 0.2) is 12.3 Å². The second-order valence-corrected chi connectivity index (χ2v) is 5.51. The first kappa shape index (κ1) is 13.1. The Hall–Kier alpha value is -1.89. The van der Waals surface area contributed by atoms with Gasteiger partial charge in [0.05, 0.1) is 11.1 Å². The van der Waals surface area contributed by atoms with Crippen molar-refractivity contribution in [2.75, 3.05) is 13.1 Å². The molecule has 108 valence electrons. The lowest BCUT2D eigenvalue weighted by atomic mass is 10.2. The maximum atomic E-state index is 12.6. The number of likely N-dealkylation sites (tertiary alicyclic amines) is 1. The summed E-state index contributed by atoms with van der Waals surface area (Å²) in [6.45, 7) is 1.13. The normalized spacial score (nSPS) is 22.2. The quantitative estimate of drug-likeness (QED) is 0.663. The molecule has 0 radical (unpaired) electrons. The molecule has 3 rings (SSSR count). The van der Waals surface area contributed by atoms with Crippen LogP contribution in [0.4, 0.5) is 5.69 Å². The van der Waals surface area contributed by atoms with Gasteiger partial charge in [-0.1, -0.05) is 0 Å². The molecule has 7 heteroatoms. The van der Waals surface area contributed by atoms with Crippen LogP contribution in [0.1, 0.15) is 42.2 Å². The van der Waals surface area contributed by atoms with Crippen LogP contribution in [-0.2, 0) is 0 Å².